The highest BCUT2D eigenvalue weighted by atomic mass is 16.5. The van der Waals surface area contributed by atoms with E-state index in [4.69, 9.17) is 4.74 Å². The monoisotopic (exact) mass is 289 g/mol. The summed E-state index contributed by atoms with van der Waals surface area (Å²) in [5, 5.41) is 13.4. The molecule has 1 atom stereocenters. The van der Waals surface area contributed by atoms with Crippen LogP contribution < -0.4 is 5.32 Å². The number of nitrogens with zero attached hydrogens (tertiary/aromatic N) is 4. The summed E-state index contributed by atoms with van der Waals surface area (Å²) in [7, 11) is 0. The van der Waals surface area contributed by atoms with Gasteiger partial charge in [-0.05, 0) is 36.4 Å². The number of benzene rings is 1. The number of para-hydroxylation sites is 1. The minimum Gasteiger partial charge on any atom is -0.460 e. The first kappa shape index (κ1) is 14.6. The normalized spacial score (nSPS) is 11.7. The number of esters is 1. The van der Waals surface area contributed by atoms with Crippen molar-refractivity contribution >= 4 is 17.6 Å². The summed E-state index contributed by atoms with van der Waals surface area (Å²) in [6.45, 7) is 3.48. The largest absolute Gasteiger partial charge is 0.460 e. The van der Waals surface area contributed by atoms with E-state index < -0.39 is 12.0 Å². The molecule has 0 radical (unpaired) electrons. The Labute approximate surface area is 121 Å². The minimum absolute atomic E-state index is 0.104. The molecular formula is C13H15N5O3. The molecule has 2 aromatic rings. The third-order valence-corrected chi connectivity index (χ3v) is 2.74. The van der Waals surface area contributed by atoms with Gasteiger partial charge in [-0.1, -0.05) is 18.2 Å². The van der Waals surface area contributed by atoms with Gasteiger partial charge in [-0.3, -0.25) is 4.79 Å². The van der Waals surface area contributed by atoms with Crippen LogP contribution in [-0.2, 0) is 9.53 Å². The zero-order chi connectivity index (χ0) is 15.2. The number of carbonyl (C=O) groups is 2. The molecular weight excluding hydrogens is 274 g/mol. The van der Waals surface area contributed by atoms with Crippen molar-refractivity contribution in [1.29, 1.82) is 0 Å². The van der Waals surface area contributed by atoms with Crippen LogP contribution in [0.1, 0.15) is 30.5 Å². The lowest BCUT2D eigenvalue weighted by molar-refractivity contribution is -0.119. The fraction of sp³-hybridized carbons (Fsp3) is 0.308. The average molecular weight is 289 g/mol. The van der Waals surface area contributed by atoms with Crippen LogP contribution in [0.15, 0.2) is 30.3 Å². The first-order chi connectivity index (χ1) is 10.1. The second kappa shape index (κ2) is 6.60. The van der Waals surface area contributed by atoms with Crippen LogP contribution in [0.25, 0.3) is 0 Å². The molecule has 0 spiro atoms. The number of nitrogens with one attached hydrogen (secondary N) is 1. The smallest absolute Gasteiger partial charge is 0.378 e. The summed E-state index contributed by atoms with van der Waals surface area (Å²) >= 11 is 0. The van der Waals surface area contributed by atoms with E-state index in [1.165, 1.54) is 0 Å². The maximum atomic E-state index is 12.2. The summed E-state index contributed by atoms with van der Waals surface area (Å²) in [6.07, 6.45) is 0. The van der Waals surface area contributed by atoms with Gasteiger partial charge in [0.1, 0.15) is 6.04 Å². The molecule has 0 saturated carbocycles. The van der Waals surface area contributed by atoms with Gasteiger partial charge in [0.2, 0.25) is 5.91 Å². The van der Waals surface area contributed by atoms with Gasteiger partial charge in [0.15, 0.2) is 0 Å². The Bertz CT molecular complexity index is 626. The van der Waals surface area contributed by atoms with Crippen molar-refractivity contribution in [2.24, 2.45) is 0 Å². The van der Waals surface area contributed by atoms with Gasteiger partial charge in [0.25, 0.3) is 5.82 Å². The van der Waals surface area contributed by atoms with Crippen molar-refractivity contribution in [2.75, 3.05) is 11.9 Å². The second-order valence-electron chi connectivity index (χ2n) is 4.20. The quantitative estimate of drug-likeness (QED) is 0.826. The summed E-state index contributed by atoms with van der Waals surface area (Å²) < 4.78 is 5.98. The molecule has 1 aromatic heterocycles. The van der Waals surface area contributed by atoms with Crippen LogP contribution in [0, 0.1) is 0 Å². The standard InChI is InChI=1S/C13H15N5O3/c1-3-21-13(20)11-15-16-17-18(11)9(2)12(19)14-10-7-5-4-6-8-10/h4-9H,3H2,1-2H3,(H,14,19). The molecule has 1 unspecified atom stereocenters. The molecule has 8 nitrogen and oxygen atoms in total. The van der Waals surface area contributed by atoms with Crippen molar-refractivity contribution in [2.45, 2.75) is 19.9 Å². The summed E-state index contributed by atoms with van der Waals surface area (Å²) in [4.78, 5) is 23.9. The molecule has 2 rings (SSSR count). The highest BCUT2D eigenvalue weighted by Crippen LogP contribution is 2.12. The Kier molecular flexibility index (Phi) is 4.60. The SMILES string of the molecule is CCOC(=O)c1nnnn1C(C)C(=O)Nc1ccccc1. The maximum Gasteiger partial charge on any atom is 0.378 e. The Morgan fingerprint density at radius 2 is 2.05 bits per heavy atom. The molecule has 110 valence electrons. The fourth-order valence-electron chi connectivity index (χ4n) is 1.66. The molecule has 1 aromatic carbocycles. The molecule has 0 aliphatic rings. The molecule has 0 aliphatic heterocycles. The molecule has 8 heteroatoms. The number of aromatic nitrogens is 4. The zero-order valence-corrected chi connectivity index (χ0v) is 11.7. The van der Waals surface area contributed by atoms with Crippen molar-refractivity contribution in [3.63, 3.8) is 0 Å². The highest BCUT2D eigenvalue weighted by Gasteiger charge is 2.25. The third-order valence-electron chi connectivity index (χ3n) is 2.74. The van der Waals surface area contributed by atoms with Gasteiger partial charge in [0.05, 0.1) is 6.61 Å². The van der Waals surface area contributed by atoms with Crippen molar-refractivity contribution in [1.82, 2.24) is 20.2 Å². The third kappa shape index (κ3) is 3.41. The number of carbonyl (C=O) groups excluding carboxylic acids is 2. The molecule has 0 fully saturated rings. The van der Waals surface area contributed by atoms with Gasteiger partial charge < -0.3 is 10.1 Å². The fourth-order valence-corrected chi connectivity index (χ4v) is 1.66. The number of amides is 1. The predicted molar refractivity (Wildman–Crippen MR) is 73.6 cm³/mol. The molecule has 21 heavy (non-hydrogen) atoms. The van der Waals surface area contributed by atoms with Crippen LogP contribution in [0.5, 0.6) is 0 Å². The zero-order valence-electron chi connectivity index (χ0n) is 11.7. The van der Waals surface area contributed by atoms with Gasteiger partial charge in [-0.2, -0.15) is 0 Å². The predicted octanol–water partition coefficient (Wildman–Crippen LogP) is 1.05. The van der Waals surface area contributed by atoms with Crippen LogP contribution in [-0.4, -0.2) is 38.7 Å². The lowest BCUT2D eigenvalue weighted by Crippen LogP contribution is -2.27. The lowest BCUT2D eigenvalue weighted by Gasteiger charge is -2.13. The summed E-state index contributed by atoms with van der Waals surface area (Å²) in [5.74, 6) is -1.10. The van der Waals surface area contributed by atoms with Crippen LogP contribution in [0.4, 0.5) is 5.69 Å². The van der Waals surface area contributed by atoms with Crippen LogP contribution >= 0.6 is 0 Å². The maximum absolute atomic E-state index is 12.2. The summed E-state index contributed by atoms with van der Waals surface area (Å²) in [5.41, 5.74) is 0.653. The van der Waals surface area contributed by atoms with Crippen LogP contribution in [0.2, 0.25) is 0 Å². The molecule has 0 saturated heterocycles. The van der Waals surface area contributed by atoms with Crippen molar-refractivity contribution < 1.29 is 14.3 Å². The van der Waals surface area contributed by atoms with Gasteiger partial charge in [-0.25, -0.2) is 9.48 Å². The number of hydrogen-bond acceptors (Lipinski definition) is 6. The van der Waals surface area contributed by atoms with Gasteiger partial charge >= 0.3 is 5.97 Å². The van der Waals surface area contributed by atoms with E-state index in [0.29, 0.717) is 5.69 Å². The molecule has 0 aliphatic carbocycles. The van der Waals surface area contributed by atoms with Crippen molar-refractivity contribution in [3.05, 3.63) is 36.2 Å². The van der Waals surface area contributed by atoms with E-state index in [1.54, 1.807) is 38.1 Å². The topological polar surface area (TPSA) is 99.0 Å². The van der Waals surface area contributed by atoms with Crippen molar-refractivity contribution in [3.8, 4) is 0 Å². The Hall–Kier alpha value is -2.77. The minimum atomic E-state index is -0.750. The first-order valence-corrected chi connectivity index (χ1v) is 6.44. The molecule has 0 bridgehead atoms. The number of ether oxygens (including phenoxy) is 1. The number of anilines is 1. The number of hydrogen-bond donors (Lipinski definition) is 1. The van der Waals surface area contributed by atoms with E-state index >= 15 is 0 Å². The molecule has 1 N–H and O–H groups in total. The van der Waals surface area contributed by atoms with E-state index in [-0.39, 0.29) is 18.3 Å². The molecule has 1 amide bonds. The van der Waals surface area contributed by atoms with E-state index in [0.717, 1.165) is 4.68 Å². The molecule has 1 heterocycles. The highest BCUT2D eigenvalue weighted by molar-refractivity contribution is 5.94. The van der Waals surface area contributed by atoms with Gasteiger partial charge in [-0.15, -0.1) is 5.10 Å². The average Bonchev–Trinajstić information content (AvgIpc) is 2.97. The van der Waals surface area contributed by atoms with E-state index in [1.807, 2.05) is 6.07 Å². The Balaban J connectivity index is 2.13. The van der Waals surface area contributed by atoms with E-state index in [9.17, 15) is 9.59 Å². The number of rotatable bonds is 5. The second-order valence-corrected chi connectivity index (χ2v) is 4.20. The summed E-state index contributed by atoms with van der Waals surface area (Å²) in [6, 6.07) is 8.23. The Morgan fingerprint density at radius 1 is 1.33 bits per heavy atom. The Morgan fingerprint density at radius 3 is 2.71 bits per heavy atom. The lowest BCUT2D eigenvalue weighted by atomic mass is 10.2. The van der Waals surface area contributed by atoms with E-state index in [2.05, 4.69) is 20.8 Å². The van der Waals surface area contributed by atoms with Gasteiger partial charge in [0, 0.05) is 5.69 Å². The number of tetrazole rings is 1. The van der Waals surface area contributed by atoms with Crippen LogP contribution in [0.3, 0.4) is 0 Å². The first-order valence-electron chi connectivity index (χ1n) is 6.44.